The Kier molecular flexibility index (Phi) is 5.16. The van der Waals surface area contributed by atoms with Crippen molar-refractivity contribution in [3.63, 3.8) is 0 Å². The number of carbonyl (C=O) groups is 1. The summed E-state index contributed by atoms with van der Waals surface area (Å²) in [5, 5.41) is 9.22. The third-order valence-electron chi connectivity index (χ3n) is 5.75. The van der Waals surface area contributed by atoms with Gasteiger partial charge in [0, 0.05) is 6.54 Å². The number of aromatic nitrogens is 2. The van der Waals surface area contributed by atoms with Gasteiger partial charge in [-0.15, -0.1) is 14.5 Å². The minimum Gasteiger partial charge on any atom is -0.422 e. The molecule has 0 aliphatic carbocycles. The van der Waals surface area contributed by atoms with Crippen LogP contribution < -0.4 is 0 Å². The van der Waals surface area contributed by atoms with Gasteiger partial charge in [-0.05, 0) is 24.0 Å². The van der Waals surface area contributed by atoms with Gasteiger partial charge in [0.2, 0.25) is 11.8 Å². The molecular weight excluding hydrogens is 436 g/mol. The van der Waals surface area contributed by atoms with Gasteiger partial charge in [-0.25, -0.2) is 4.79 Å². The van der Waals surface area contributed by atoms with Crippen LogP contribution in [0.4, 0.5) is 4.79 Å². The molecule has 1 aromatic heterocycles. The lowest BCUT2D eigenvalue weighted by Gasteiger charge is -2.27. The monoisotopic (exact) mass is 456 g/mol. The quantitative estimate of drug-likeness (QED) is 0.561. The Morgan fingerprint density at radius 3 is 2.22 bits per heavy atom. The molecule has 166 valence electrons. The first kappa shape index (κ1) is 20.6. The van der Waals surface area contributed by atoms with Gasteiger partial charge in [-0.3, -0.25) is 4.55 Å². The molecule has 2 aliphatic heterocycles. The zero-order valence-electron chi connectivity index (χ0n) is 16.8. The van der Waals surface area contributed by atoms with Crippen molar-refractivity contribution in [3.8, 4) is 0 Å². The molecule has 2 bridgehead atoms. The molecule has 3 heterocycles. The Balaban J connectivity index is 1.45. The molecule has 0 saturated carbocycles. The summed E-state index contributed by atoms with van der Waals surface area (Å²) >= 11 is 0. The third kappa shape index (κ3) is 3.85. The summed E-state index contributed by atoms with van der Waals surface area (Å²) in [6, 6.07) is 17.9. The summed E-state index contributed by atoms with van der Waals surface area (Å²) in [5.74, 6) is 0.401. The summed E-state index contributed by atoms with van der Waals surface area (Å²) < 4.78 is 41.7. The van der Waals surface area contributed by atoms with E-state index < -0.39 is 28.5 Å². The van der Waals surface area contributed by atoms with Gasteiger partial charge in [0.15, 0.2) is 0 Å². The van der Waals surface area contributed by atoms with Crippen molar-refractivity contribution in [3.05, 3.63) is 83.6 Å². The van der Waals surface area contributed by atoms with Gasteiger partial charge in [-0.1, -0.05) is 60.7 Å². The molecule has 0 radical (unpaired) electrons. The molecule has 3 aromatic rings. The highest BCUT2D eigenvalue weighted by Gasteiger charge is 2.49. The number of nitrogens with zero attached hydrogens (tertiary/aromatic N) is 4. The zero-order valence-corrected chi connectivity index (χ0v) is 17.6. The second kappa shape index (κ2) is 8.01. The first-order chi connectivity index (χ1) is 15.4. The van der Waals surface area contributed by atoms with E-state index in [4.69, 9.17) is 8.97 Å². The van der Waals surface area contributed by atoms with Crippen LogP contribution in [0.2, 0.25) is 0 Å². The Morgan fingerprint density at radius 2 is 1.62 bits per heavy atom. The number of hydrogen-bond donors (Lipinski definition) is 1. The maximum atomic E-state index is 12.7. The van der Waals surface area contributed by atoms with Crippen LogP contribution in [0.3, 0.4) is 0 Å². The van der Waals surface area contributed by atoms with Crippen LogP contribution >= 0.6 is 0 Å². The number of urea groups is 1. The number of hydroxylamine groups is 2. The van der Waals surface area contributed by atoms with Crippen molar-refractivity contribution >= 4 is 16.4 Å². The van der Waals surface area contributed by atoms with Crippen molar-refractivity contribution in [1.29, 1.82) is 0 Å². The molecule has 11 heteroatoms. The Morgan fingerprint density at radius 1 is 1.00 bits per heavy atom. The molecule has 10 nitrogen and oxygen atoms in total. The van der Waals surface area contributed by atoms with E-state index in [2.05, 4.69) is 14.5 Å². The third-order valence-corrected chi connectivity index (χ3v) is 6.10. The average Bonchev–Trinajstić information content (AvgIpc) is 3.35. The van der Waals surface area contributed by atoms with Gasteiger partial charge in [-0.2, -0.15) is 13.5 Å². The van der Waals surface area contributed by atoms with Crippen LogP contribution in [0.1, 0.15) is 47.7 Å². The van der Waals surface area contributed by atoms with Crippen LogP contribution in [0, 0.1) is 0 Å². The Hall–Kier alpha value is -3.28. The predicted molar refractivity (Wildman–Crippen MR) is 110 cm³/mol. The first-order valence-electron chi connectivity index (χ1n) is 10.1. The van der Waals surface area contributed by atoms with E-state index >= 15 is 0 Å². The molecular formula is C21H20N4O6S. The van der Waals surface area contributed by atoms with Crippen LogP contribution in [-0.4, -0.2) is 51.7 Å². The van der Waals surface area contributed by atoms with Crippen molar-refractivity contribution in [2.45, 2.75) is 30.8 Å². The second-order valence-corrected chi connectivity index (χ2v) is 8.75. The average molecular weight is 456 g/mol. The van der Waals surface area contributed by atoms with Gasteiger partial charge < -0.3 is 9.32 Å². The van der Waals surface area contributed by atoms with Gasteiger partial charge in [0.05, 0.1) is 12.0 Å². The van der Waals surface area contributed by atoms with Gasteiger partial charge in [0.1, 0.15) is 6.04 Å². The summed E-state index contributed by atoms with van der Waals surface area (Å²) in [6.45, 7) is 0.234. The molecule has 0 spiro atoms. The minimum atomic E-state index is -4.80. The molecule has 2 aromatic carbocycles. The molecule has 2 saturated heterocycles. The first-order valence-corrected chi connectivity index (χ1v) is 11.5. The van der Waals surface area contributed by atoms with Gasteiger partial charge >= 0.3 is 16.4 Å². The number of benzene rings is 2. The maximum Gasteiger partial charge on any atom is 0.418 e. The fraction of sp³-hybridized carbons (Fsp3) is 0.286. The maximum absolute atomic E-state index is 12.7. The van der Waals surface area contributed by atoms with Crippen LogP contribution in [0.5, 0.6) is 0 Å². The number of piperidine rings is 1. The Bertz CT molecular complexity index is 1180. The molecule has 1 N–H and O–H groups in total. The molecule has 5 rings (SSSR count). The summed E-state index contributed by atoms with van der Waals surface area (Å²) in [7, 11) is -4.80. The van der Waals surface area contributed by atoms with Crippen LogP contribution in [0.15, 0.2) is 65.1 Å². The predicted octanol–water partition coefficient (Wildman–Crippen LogP) is 2.93. The van der Waals surface area contributed by atoms with E-state index in [0.29, 0.717) is 23.8 Å². The molecule has 2 amide bonds. The fourth-order valence-electron chi connectivity index (χ4n) is 4.35. The van der Waals surface area contributed by atoms with E-state index in [1.54, 1.807) is 0 Å². The summed E-state index contributed by atoms with van der Waals surface area (Å²) in [4.78, 5) is 14.1. The van der Waals surface area contributed by atoms with E-state index in [9.17, 15) is 13.2 Å². The standard InChI is InChI=1S/C21H20N4O6S/c26-21-24-13-16(25(21)31-32(27,28)29)11-12-17(24)19-22-23-20(30-19)18(14-7-3-1-4-8-14)15-9-5-2-6-10-15/h1-10,16-18H,11-13H2,(H,27,28,29)/t16-,17+/m1/s1. The minimum absolute atomic E-state index is 0.234. The highest BCUT2D eigenvalue weighted by molar-refractivity contribution is 7.80. The second-order valence-electron chi connectivity index (χ2n) is 7.74. The van der Waals surface area contributed by atoms with E-state index in [1.807, 2.05) is 60.7 Å². The number of fused-ring (bicyclic) bond motifs is 2. The highest BCUT2D eigenvalue weighted by atomic mass is 32.3. The van der Waals surface area contributed by atoms with Crippen LogP contribution in [0.25, 0.3) is 0 Å². The van der Waals surface area contributed by atoms with Gasteiger partial charge in [0.25, 0.3) is 0 Å². The lowest BCUT2D eigenvalue weighted by atomic mass is 9.91. The molecule has 2 aliphatic rings. The van der Waals surface area contributed by atoms with Crippen molar-refractivity contribution in [1.82, 2.24) is 20.2 Å². The number of carbonyl (C=O) groups excluding carboxylic acids is 1. The Labute approximate surface area is 184 Å². The number of amides is 2. The topological polar surface area (TPSA) is 126 Å². The molecule has 32 heavy (non-hydrogen) atoms. The zero-order chi connectivity index (χ0) is 22.3. The van der Waals surface area contributed by atoms with E-state index in [-0.39, 0.29) is 18.4 Å². The highest BCUT2D eigenvalue weighted by Crippen LogP contribution is 2.39. The molecule has 2 atom stereocenters. The molecule has 0 unspecified atom stereocenters. The summed E-state index contributed by atoms with van der Waals surface area (Å²) in [5.41, 5.74) is 1.98. The van der Waals surface area contributed by atoms with Crippen molar-refractivity contribution in [2.75, 3.05) is 6.54 Å². The van der Waals surface area contributed by atoms with Crippen LogP contribution in [-0.2, 0) is 14.7 Å². The van der Waals surface area contributed by atoms with E-state index in [0.717, 1.165) is 11.1 Å². The number of hydrogen-bond acceptors (Lipinski definition) is 7. The van der Waals surface area contributed by atoms with E-state index in [1.165, 1.54) is 4.90 Å². The SMILES string of the molecule is O=C1N2C[C@@H](CC[C@H]2c2nnc(C(c3ccccc3)c3ccccc3)o2)N1OS(=O)(=O)O. The molecule has 2 fully saturated rings. The smallest absolute Gasteiger partial charge is 0.418 e. The lowest BCUT2D eigenvalue weighted by molar-refractivity contribution is -0.0317. The normalized spacial score (nSPS) is 20.9. The lowest BCUT2D eigenvalue weighted by Crippen LogP contribution is -2.35. The summed E-state index contributed by atoms with van der Waals surface area (Å²) in [6.07, 6.45) is 0.950. The largest absolute Gasteiger partial charge is 0.422 e. The number of rotatable bonds is 6. The fourth-order valence-corrected chi connectivity index (χ4v) is 4.74. The van der Waals surface area contributed by atoms with Crippen molar-refractivity contribution in [2.24, 2.45) is 0 Å². The van der Waals surface area contributed by atoms with Crippen molar-refractivity contribution < 1.29 is 26.5 Å².